The first kappa shape index (κ1) is 11.0. The highest BCUT2D eigenvalue weighted by atomic mass is 16.4. The molecule has 16 heavy (non-hydrogen) atoms. The minimum Gasteiger partial charge on any atom is -0.481 e. The summed E-state index contributed by atoms with van der Waals surface area (Å²) in [6.45, 7) is 5.08. The fraction of sp³-hybridized carbons (Fsp3) is 0.462. The zero-order valence-electron chi connectivity index (χ0n) is 9.71. The number of carboxylic acids is 1. The van der Waals surface area contributed by atoms with Crippen molar-refractivity contribution in [3.63, 3.8) is 0 Å². The third-order valence-electron chi connectivity index (χ3n) is 3.44. The number of rotatable bonds is 3. The zero-order chi connectivity index (χ0) is 11.7. The first-order valence-electron chi connectivity index (χ1n) is 5.65. The number of carboxylic acid groups (broad SMARTS) is 1. The Morgan fingerprint density at radius 3 is 2.94 bits per heavy atom. The van der Waals surface area contributed by atoms with Crippen molar-refractivity contribution >= 4 is 11.7 Å². The molecule has 86 valence electrons. The Morgan fingerprint density at radius 1 is 1.50 bits per heavy atom. The van der Waals surface area contributed by atoms with Gasteiger partial charge in [-0.1, -0.05) is 12.1 Å². The van der Waals surface area contributed by atoms with Gasteiger partial charge in [0.1, 0.15) is 0 Å². The van der Waals surface area contributed by atoms with Crippen LogP contribution in [0.5, 0.6) is 0 Å². The average Bonchev–Trinajstić information content (AvgIpc) is 2.64. The van der Waals surface area contributed by atoms with E-state index in [1.54, 1.807) is 0 Å². The van der Waals surface area contributed by atoms with Crippen molar-refractivity contribution in [2.24, 2.45) is 0 Å². The zero-order valence-corrected chi connectivity index (χ0v) is 9.71. The molecule has 1 aromatic rings. The van der Waals surface area contributed by atoms with Crippen molar-refractivity contribution in [2.75, 3.05) is 11.9 Å². The minimum absolute atomic E-state index is 0.249. The van der Waals surface area contributed by atoms with Gasteiger partial charge >= 0.3 is 5.97 Å². The summed E-state index contributed by atoms with van der Waals surface area (Å²) in [5.41, 5.74) is 5.07. The Kier molecular flexibility index (Phi) is 2.86. The number of anilines is 1. The summed E-state index contributed by atoms with van der Waals surface area (Å²) < 4.78 is 0. The molecule has 3 nitrogen and oxygen atoms in total. The Morgan fingerprint density at radius 2 is 2.25 bits per heavy atom. The largest absolute Gasteiger partial charge is 0.481 e. The Bertz CT molecular complexity index is 426. The van der Waals surface area contributed by atoms with E-state index < -0.39 is 5.97 Å². The van der Waals surface area contributed by atoms with E-state index >= 15 is 0 Å². The monoisotopic (exact) mass is 219 g/mol. The number of benzene rings is 1. The summed E-state index contributed by atoms with van der Waals surface area (Å²) in [5.74, 6) is -0.359. The van der Waals surface area contributed by atoms with Gasteiger partial charge < -0.3 is 10.4 Å². The van der Waals surface area contributed by atoms with Crippen LogP contribution in [0.3, 0.4) is 0 Å². The maximum atomic E-state index is 10.6. The molecule has 0 aliphatic carbocycles. The van der Waals surface area contributed by atoms with Gasteiger partial charge in [0.15, 0.2) is 0 Å². The molecule has 2 rings (SSSR count). The highest BCUT2D eigenvalue weighted by molar-refractivity contribution is 5.68. The molecule has 1 heterocycles. The van der Waals surface area contributed by atoms with Crippen LogP contribution in [-0.4, -0.2) is 17.6 Å². The quantitative estimate of drug-likeness (QED) is 0.821. The molecule has 0 saturated carbocycles. The lowest BCUT2D eigenvalue weighted by Crippen LogP contribution is -2.05. The van der Waals surface area contributed by atoms with Gasteiger partial charge in [-0.05, 0) is 37.0 Å². The number of aliphatic carboxylic acids is 1. The maximum absolute atomic E-state index is 10.6. The van der Waals surface area contributed by atoms with Crippen molar-refractivity contribution < 1.29 is 9.90 Å². The Hall–Kier alpha value is -1.51. The third kappa shape index (κ3) is 1.90. The predicted octanol–water partition coefficient (Wildman–Crippen LogP) is 2.68. The van der Waals surface area contributed by atoms with Crippen LogP contribution in [0.1, 0.15) is 35.4 Å². The van der Waals surface area contributed by atoms with Crippen LogP contribution in [0.25, 0.3) is 0 Å². The van der Waals surface area contributed by atoms with Gasteiger partial charge in [-0.3, -0.25) is 4.79 Å². The molecule has 1 aromatic carbocycles. The van der Waals surface area contributed by atoms with Crippen LogP contribution in [0, 0.1) is 13.8 Å². The van der Waals surface area contributed by atoms with Crippen LogP contribution in [0.2, 0.25) is 0 Å². The van der Waals surface area contributed by atoms with Crippen molar-refractivity contribution in [3.05, 3.63) is 28.8 Å². The summed E-state index contributed by atoms with van der Waals surface area (Å²) in [6.07, 6.45) is 0.969. The fourth-order valence-electron chi connectivity index (χ4n) is 2.30. The summed E-state index contributed by atoms with van der Waals surface area (Å²) in [4.78, 5) is 10.6. The second-order valence-electron chi connectivity index (χ2n) is 4.48. The lowest BCUT2D eigenvalue weighted by Gasteiger charge is -2.10. The van der Waals surface area contributed by atoms with Gasteiger partial charge in [0.2, 0.25) is 0 Å². The van der Waals surface area contributed by atoms with Gasteiger partial charge in [-0.15, -0.1) is 0 Å². The number of carbonyl (C=O) groups is 1. The van der Waals surface area contributed by atoms with Gasteiger partial charge in [-0.25, -0.2) is 0 Å². The van der Waals surface area contributed by atoms with E-state index in [-0.39, 0.29) is 6.42 Å². The maximum Gasteiger partial charge on any atom is 0.303 e. The van der Waals surface area contributed by atoms with Crippen LogP contribution in [-0.2, 0) is 4.79 Å². The molecule has 0 spiro atoms. The average molecular weight is 219 g/mol. The Labute approximate surface area is 95.5 Å². The predicted molar refractivity (Wildman–Crippen MR) is 64.0 cm³/mol. The van der Waals surface area contributed by atoms with Crippen molar-refractivity contribution in [2.45, 2.75) is 32.6 Å². The smallest absolute Gasteiger partial charge is 0.303 e. The Balaban J connectivity index is 2.20. The standard InChI is InChI=1S/C13H17NO2/c1-8-3-5-11-10(4-6-12(15)16)7-14-13(11)9(8)2/h3,5,10,14H,4,6-7H2,1-2H3,(H,15,16). The van der Waals surface area contributed by atoms with E-state index in [4.69, 9.17) is 5.11 Å². The molecule has 1 unspecified atom stereocenters. The highest BCUT2D eigenvalue weighted by Crippen LogP contribution is 2.37. The molecule has 1 aliphatic heterocycles. The molecule has 0 bridgehead atoms. The first-order valence-corrected chi connectivity index (χ1v) is 5.65. The molecule has 0 radical (unpaired) electrons. The van der Waals surface area contributed by atoms with Crippen LogP contribution < -0.4 is 5.32 Å². The number of nitrogens with one attached hydrogen (secondary N) is 1. The summed E-state index contributed by atoms with van der Waals surface area (Å²) in [6, 6.07) is 4.25. The minimum atomic E-state index is -0.711. The fourth-order valence-corrected chi connectivity index (χ4v) is 2.30. The van der Waals surface area contributed by atoms with Crippen LogP contribution >= 0.6 is 0 Å². The summed E-state index contributed by atoms with van der Waals surface area (Å²) >= 11 is 0. The molecule has 0 fully saturated rings. The normalized spacial score (nSPS) is 18.0. The number of fused-ring (bicyclic) bond motifs is 1. The van der Waals surface area contributed by atoms with E-state index in [2.05, 4.69) is 31.3 Å². The van der Waals surface area contributed by atoms with E-state index in [1.165, 1.54) is 22.4 Å². The summed E-state index contributed by atoms with van der Waals surface area (Å²) in [5, 5.41) is 12.1. The molecular weight excluding hydrogens is 202 g/mol. The summed E-state index contributed by atoms with van der Waals surface area (Å²) in [7, 11) is 0. The SMILES string of the molecule is Cc1ccc2c(c1C)NCC2CCC(=O)O. The molecular formula is C13H17NO2. The molecule has 2 N–H and O–H groups in total. The molecule has 3 heteroatoms. The van der Waals surface area contributed by atoms with Crippen LogP contribution in [0.4, 0.5) is 5.69 Å². The topological polar surface area (TPSA) is 49.3 Å². The van der Waals surface area contributed by atoms with Gasteiger partial charge in [0, 0.05) is 24.6 Å². The highest BCUT2D eigenvalue weighted by Gasteiger charge is 2.24. The molecule has 1 atom stereocenters. The number of hydrogen-bond donors (Lipinski definition) is 2. The van der Waals surface area contributed by atoms with Gasteiger partial charge in [0.05, 0.1) is 0 Å². The lowest BCUT2D eigenvalue weighted by molar-refractivity contribution is -0.137. The van der Waals surface area contributed by atoms with Gasteiger partial charge in [-0.2, -0.15) is 0 Å². The third-order valence-corrected chi connectivity index (χ3v) is 3.44. The van der Waals surface area contributed by atoms with Crippen molar-refractivity contribution in [1.82, 2.24) is 0 Å². The van der Waals surface area contributed by atoms with Gasteiger partial charge in [0.25, 0.3) is 0 Å². The van der Waals surface area contributed by atoms with E-state index in [0.29, 0.717) is 5.92 Å². The molecule has 0 amide bonds. The van der Waals surface area contributed by atoms with E-state index in [9.17, 15) is 4.79 Å². The van der Waals surface area contributed by atoms with E-state index in [0.717, 1.165) is 13.0 Å². The van der Waals surface area contributed by atoms with E-state index in [1.807, 2.05) is 0 Å². The second-order valence-corrected chi connectivity index (χ2v) is 4.48. The number of hydrogen-bond acceptors (Lipinski definition) is 2. The number of aryl methyl sites for hydroxylation is 1. The van der Waals surface area contributed by atoms with Crippen LogP contribution in [0.15, 0.2) is 12.1 Å². The second kappa shape index (κ2) is 4.16. The van der Waals surface area contributed by atoms with Crippen molar-refractivity contribution in [1.29, 1.82) is 0 Å². The lowest BCUT2D eigenvalue weighted by atomic mass is 9.93. The molecule has 0 saturated heterocycles. The van der Waals surface area contributed by atoms with Crippen molar-refractivity contribution in [3.8, 4) is 0 Å². The first-order chi connectivity index (χ1) is 7.59. The molecule has 0 aromatic heterocycles. The molecule has 1 aliphatic rings.